The molecule has 9 heteroatoms. The Kier molecular flexibility index (Phi) is 4.70. The average Bonchev–Trinajstić information content (AvgIpc) is 3.12. The Balaban J connectivity index is 1.50. The van der Waals surface area contributed by atoms with E-state index in [1.807, 2.05) is 12.1 Å². The molecule has 1 aliphatic heterocycles. The van der Waals surface area contributed by atoms with E-state index in [1.165, 1.54) is 12.1 Å². The van der Waals surface area contributed by atoms with Crippen LogP contribution in [-0.4, -0.2) is 33.4 Å². The Labute approximate surface area is 164 Å². The Morgan fingerprint density at radius 2 is 2.00 bits per heavy atom. The Morgan fingerprint density at radius 3 is 2.75 bits per heavy atom. The molecule has 0 saturated heterocycles. The lowest BCUT2D eigenvalue weighted by Gasteiger charge is -2.23. The minimum absolute atomic E-state index is 0.0217. The largest absolute Gasteiger partial charge is 0.483 e. The van der Waals surface area contributed by atoms with E-state index in [0.29, 0.717) is 16.4 Å². The van der Waals surface area contributed by atoms with Crippen molar-refractivity contribution in [3.63, 3.8) is 0 Å². The minimum atomic E-state index is -0.613. The summed E-state index contributed by atoms with van der Waals surface area (Å²) in [4.78, 5) is 22.9. The number of hydrogen-bond acceptors (Lipinski definition) is 6. The molecule has 4 rings (SSSR count). The summed E-state index contributed by atoms with van der Waals surface area (Å²) < 4.78 is 12.5. The van der Waals surface area contributed by atoms with Gasteiger partial charge in [-0.15, -0.1) is 0 Å². The summed E-state index contributed by atoms with van der Waals surface area (Å²) in [5.41, 5.74) is 1.65. The summed E-state index contributed by atoms with van der Waals surface area (Å²) in [5.74, 6) is -0.396. The van der Waals surface area contributed by atoms with Crippen LogP contribution in [0.3, 0.4) is 0 Å². The van der Waals surface area contributed by atoms with Crippen LogP contribution in [0.2, 0.25) is 5.02 Å². The summed E-state index contributed by atoms with van der Waals surface area (Å²) >= 11 is 5.90. The van der Waals surface area contributed by atoms with Crippen molar-refractivity contribution < 1.29 is 19.2 Å². The lowest BCUT2D eigenvalue weighted by atomic mass is 10.1. The number of nitro groups is 1. The molecule has 1 aliphatic rings. The standard InChI is InChI=1S/C19H14ClN3O5/c20-13-7-5-12(6-8-13)15-9-17-19(24)28-14(10-22(17)21-15)11-27-18-4-2-1-3-16(18)23(25)26/h1-9,14H,10-11H2. The molecule has 3 aromatic rings. The predicted octanol–water partition coefficient (Wildman–Crippen LogP) is 3.73. The zero-order valence-corrected chi connectivity index (χ0v) is 15.2. The van der Waals surface area contributed by atoms with Crippen molar-refractivity contribution in [2.45, 2.75) is 12.6 Å². The van der Waals surface area contributed by atoms with E-state index < -0.39 is 17.0 Å². The molecule has 0 aliphatic carbocycles. The van der Waals surface area contributed by atoms with Gasteiger partial charge in [0, 0.05) is 16.7 Å². The number of para-hydroxylation sites is 2. The van der Waals surface area contributed by atoms with Gasteiger partial charge in [0.2, 0.25) is 0 Å². The van der Waals surface area contributed by atoms with Gasteiger partial charge in [0.25, 0.3) is 0 Å². The first-order valence-corrected chi connectivity index (χ1v) is 8.80. The highest BCUT2D eigenvalue weighted by Crippen LogP contribution is 2.27. The fourth-order valence-electron chi connectivity index (χ4n) is 2.92. The quantitative estimate of drug-likeness (QED) is 0.368. The lowest BCUT2D eigenvalue weighted by molar-refractivity contribution is -0.385. The summed E-state index contributed by atoms with van der Waals surface area (Å²) in [5, 5.41) is 16.1. The second-order valence-corrected chi connectivity index (χ2v) is 6.60. The fraction of sp³-hybridized carbons (Fsp3) is 0.158. The third kappa shape index (κ3) is 3.54. The van der Waals surface area contributed by atoms with Gasteiger partial charge < -0.3 is 9.47 Å². The van der Waals surface area contributed by atoms with E-state index >= 15 is 0 Å². The first kappa shape index (κ1) is 18.0. The molecule has 1 unspecified atom stereocenters. The number of fused-ring (bicyclic) bond motifs is 1. The number of cyclic esters (lactones) is 1. The van der Waals surface area contributed by atoms with Gasteiger partial charge in [0.1, 0.15) is 12.3 Å². The summed E-state index contributed by atoms with van der Waals surface area (Å²) in [6.45, 7) is 0.265. The predicted molar refractivity (Wildman–Crippen MR) is 100 cm³/mol. The third-order valence-corrected chi connectivity index (χ3v) is 4.52. The van der Waals surface area contributed by atoms with Gasteiger partial charge in [-0.25, -0.2) is 4.79 Å². The highest BCUT2D eigenvalue weighted by molar-refractivity contribution is 6.30. The lowest BCUT2D eigenvalue weighted by Crippen LogP contribution is -2.36. The molecule has 0 spiro atoms. The molecular formula is C19H14ClN3O5. The van der Waals surface area contributed by atoms with E-state index in [2.05, 4.69) is 5.10 Å². The number of halogens is 1. The van der Waals surface area contributed by atoms with E-state index in [1.54, 1.807) is 35.0 Å². The zero-order valence-electron chi connectivity index (χ0n) is 14.4. The molecule has 0 N–H and O–H groups in total. The van der Waals surface area contributed by atoms with Crippen molar-refractivity contribution in [3.8, 4) is 17.0 Å². The summed E-state index contributed by atoms with van der Waals surface area (Å²) in [6, 6.07) is 14.8. The van der Waals surface area contributed by atoms with Crippen molar-refractivity contribution in [3.05, 3.63) is 75.4 Å². The smallest absolute Gasteiger partial charge is 0.357 e. The highest BCUT2D eigenvalue weighted by atomic mass is 35.5. The number of rotatable bonds is 5. The maximum absolute atomic E-state index is 12.3. The van der Waals surface area contributed by atoms with E-state index in [0.717, 1.165) is 5.56 Å². The SMILES string of the molecule is O=C1OC(COc2ccccc2[N+](=O)[O-])Cn2nc(-c3ccc(Cl)cc3)cc21. The number of nitrogens with zero attached hydrogens (tertiary/aromatic N) is 3. The number of esters is 1. The summed E-state index contributed by atoms with van der Waals surface area (Å²) in [7, 11) is 0. The van der Waals surface area contributed by atoms with Gasteiger partial charge in [-0.2, -0.15) is 5.10 Å². The van der Waals surface area contributed by atoms with Crippen LogP contribution in [0.25, 0.3) is 11.3 Å². The molecule has 0 amide bonds. The van der Waals surface area contributed by atoms with Crippen LogP contribution in [0.5, 0.6) is 5.75 Å². The van der Waals surface area contributed by atoms with Gasteiger partial charge in [-0.3, -0.25) is 14.8 Å². The fourth-order valence-corrected chi connectivity index (χ4v) is 3.05. The minimum Gasteiger partial charge on any atom is -0.483 e. The zero-order chi connectivity index (χ0) is 19.7. The Hall–Kier alpha value is -3.39. The van der Waals surface area contributed by atoms with Crippen LogP contribution in [0.15, 0.2) is 54.6 Å². The number of benzene rings is 2. The van der Waals surface area contributed by atoms with Crippen molar-refractivity contribution in [2.24, 2.45) is 0 Å². The first-order chi connectivity index (χ1) is 13.5. The van der Waals surface area contributed by atoms with Gasteiger partial charge >= 0.3 is 11.7 Å². The van der Waals surface area contributed by atoms with E-state index in [9.17, 15) is 14.9 Å². The van der Waals surface area contributed by atoms with Gasteiger partial charge in [0.05, 0.1) is 17.2 Å². The molecule has 0 saturated carbocycles. The van der Waals surface area contributed by atoms with Crippen LogP contribution < -0.4 is 4.74 Å². The van der Waals surface area contributed by atoms with Gasteiger partial charge in [-0.1, -0.05) is 35.9 Å². The highest BCUT2D eigenvalue weighted by Gasteiger charge is 2.29. The number of ether oxygens (including phenoxy) is 2. The Morgan fingerprint density at radius 1 is 1.25 bits per heavy atom. The Bertz CT molecular complexity index is 1050. The number of nitro benzene ring substituents is 1. The van der Waals surface area contributed by atoms with Crippen LogP contribution in [0.4, 0.5) is 5.69 Å². The number of aromatic nitrogens is 2. The number of carbonyl (C=O) groups excluding carboxylic acids is 1. The topological polar surface area (TPSA) is 96.5 Å². The molecule has 28 heavy (non-hydrogen) atoms. The normalized spacial score (nSPS) is 15.6. The molecular weight excluding hydrogens is 386 g/mol. The molecule has 1 atom stereocenters. The first-order valence-electron chi connectivity index (χ1n) is 8.42. The number of carbonyl (C=O) groups is 1. The van der Waals surface area contributed by atoms with Gasteiger partial charge in [0.15, 0.2) is 11.9 Å². The van der Waals surface area contributed by atoms with Crippen LogP contribution in [0.1, 0.15) is 10.5 Å². The maximum atomic E-state index is 12.3. The molecule has 0 fully saturated rings. The van der Waals surface area contributed by atoms with E-state index in [-0.39, 0.29) is 24.6 Å². The monoisotopic (exact) mass is 399 g/mol. The summed E-state index contributed by atoms with van der Waals surface area (Å²) in [6.07, 6.45) is -0.613. The molecule has 0 radical (unpaired) electrons. The average molecular weight is 400 g/mol. The number of hydrogen-bond donors (Lipinski definition) is 0. The van der Waals surface area contributed by atoms with Crippen molar-refractivity contribution >= 4 is 23.3 Å². The molecule has 0 bridgehead atoms. The maximum Gasteiger partial charge on any atom is 0.357 e. The second-order valence-electron chi connectivity index (χ2n) is 6.17. The molecule has 1 aromatic heterocycles. The van der Waals surface area contributed by atoms with Crippen LogP contribution in [-0.2, 0) is 11.3 Å². The van der Waals surface area contributed by atoms with Gasteiger partial charge in [-0.05, 0) is 24.3 Å². The van der Waals surface area contributed by atoms with Crippen molar-refractivity contribution in [2.75, 3.05) is 6.61 Å². The molecule has 2 aromatic carbocycles. The van der Waals surface area contributed by atoms with E-state index in [4.69, 9.17) is 21.1 Å². The molecule has 2 heterocycles. The van der Waals surface area contributed by atoms with Crippen molar-refractivity contribution in [1.29, 1.82) is 0 Å². The van der Waals surface area contributed by atoms with Crippen LogP contribution >= 0.6 is 11.6 Å². The third-order valence-electron chi connectivity index (χ3n) is 4.27. The molecule has 8 nitrogen and oxygen atoms in total. The second kappa shape index (κ2) is 7.32. The van der Waals surface area contributed by atoms with Crippen LogP contribution in [0, 0.1) is 10.1 Å². The molecule has 142 valence electrons. The van der Waals surface area contributed by atoms with Crippen molar-refractivity contribution in [1.82, 2.24) is 9.78 Å².